The van der Waals surface area contributed by atoms with Crippen molar-refractivity contribution in [1.29, 1.82) is 0 Å². The second-order valence-electron chi connectivity index (χ2n) is 10.3. The van der Waals surface area contributed by atoms with Crippen LogP contribution in [0.1, 0.15) is 61.4 Å². The minimum Gasteiger partial charge on any atom is -0.476 e. The van der Waals surface area contributed by atoms with Crippen LogP contribution in [0.4, 0.5) is 11.4 Å². The van der Waals surface area contributed by atoms with E-state index in [1.165, 1.54) is 11.6 Å². The van der Waals surface area contributed by atoms with Crippen LogP contribution in [0, 0.1) is 6.92 Å². The van der Waals surface area contributed by atoms with Crippen molar-refractivity contribution in [2.75, 3.05) is 30.4 Å². The lowest BCUT2D eigenvalue weighted by molar-refractivity contribution is 0.0691. The Hall–Kier alpha value is -4.54. The molecule has 42 heavy (non-hydrogen) atoms. The normalized spacial score (nSPS) is 12.2. The van der Waals surface area contributed by atoms with Gasteiger partial charge in [0.2, 0.25) is 0 Å². The number of nitrogens with two attached hydrogens (primary N) is 1. The molecular weight excluding hydrogens is 550 g/mol. The molecule has 10 heteroatoms. The number of anilines is 2. The van der Waals surface area contributed by atoms with E-state index < -0.39 is 11.9 Å². The number of likely N-dealkylation sites (N-methyl/N-ethyl adjacent to an activating group) is 1. The smallest absolute Gasteiger partial charge is 0.355 e. The van der Waals surface area contributed by atoms with E-state index in [-0.39, 0.29) is 22.9 Å². The largest absolute Gasteiger partial charge is 0.476 e. The summed E-state index contributed by atoms with van der Waals surface area (Å²) in [7, 11) is 1.98. The van der Waals surface area contributed by atoms with Crippen LogP contribution in [0.3, 0.4) is 0 Å². The van der Waals surface area contributed by atoms with Gasteiger partial charge in [0.25, 0.3) is 11.8 Å². The molecule has 0 aliphatic carbocycles. The number of rotatable bonds is 8. The first-order valence-electron chi connectivity index (χ1n) is 13.8. The Labute approximate surface area is 248 Å². The average Bonchev–Trinajstić information content (AvgIpc) is 3.42. The fraction of sp³-hybridized carbons (Fsp3) is 0.250. The summed E-state index contributed by atoms with van der Waals surface area (Å²) < 4.78 is 0. The number of aromatic carboxylic acids is 1. The Morgan fingerprint density at radius 1 is 1.05 bits per heavy atom. The molecule has 4 aromatic rings. The van der Waals surface area contributed by atoms with E-state index in [4.69, 9.17) is 5.73 Å². The molecule has 1 aliphatic heterocycles. The molecule has 9 nitrogen and oxygen atoms in total. The maximum Gasteiger partial charge on any atom is 0.355 e. The zero-order valence-corrected chi connectivity index (χ0v) is 24.6. The lowest BCUT2D eigenvalue weighted by atomic mass is 9.92. The second kappa shape index (κ2) is 12.1. The van der Waals surface area contributed by atoms with E-state index >= 15 is 0 Å². The highest BCUT2D eigenvalue weighted by Gasteiger charge is 2.27. The zero-order valence-electron chi connectivity index (χ0n) is 23.8. The molecular formula is C32H33N5O4S. The van der Waals surface area contributed by atoms with Gasteiger partial charge in [0.05, 0.1) is 0 Å². The van der Waals surface area contributed by atoms with Crippen molar-refractivity contribution in [1.82, 2.24) is 10.3 Å². The highest BCUT2D eigenvalue weighted by molar-refractivity contribution is 7.13. The van der Waals surface area contributed by atoms with Gasteiger partial charge in [0.15, 0.2) is 5.69 Å². The number of carbonyl (C=O) groups is 3. The Morgan fingerprint density at radius 2 is 1.86 bits per heavy atom. The van der Waals surface area contributed by atoms with E-state index in [0.29, 0.717) is 29.9 Å². The Morgan fingerprint density at radius 3 is 2.57 bits per heavy atom. The average molecular weight is 584 g/mol. The summed E-state index contributed by atoms with van der Waals surface area (Å²) in [6, 6.07) is 14.5. The Bertz CT molecular complexity index is 1700. The van der Waals surface area contributed by atoms with Crippen LogP contribution in [0.5, 0.6) is 0 Å². The summed E-state index contributed by atoms with van der Waals surface area (Å²) in [4.78, 5) is 46.5. The molecule has 0 bridgehead atoms. The molecule has 1 aliphatic rings. The van der Waals surface area contributed by atoms with Crippen molar-refractivity contribution in [2.24, 2.45) is 5.73 Å². The Balaban J connectivity index is 1.69. The molecule has 0 saturated carbocycles. The molecule has 0 atom stereocenters. The molecule has 0 radical (unpaired) electrons. The number of pyridine rings is 1. The SMILES string of the molecule is CCCNC(=O)c1ccc(-c2cc3c(cc2C(=O)Nc2ccc(CN)cc2C)-c2sccc2CCN3C)c(C(=O)O)n1. The number of carboxylic acid groups (broad SMARTS) is 1. The van der Waals surface area contributed by atoms with Crippen LogP contribution in [0.15, 0.2) is 53.9 Å². The standard InChI is InChI=1S/C32H33N5O4S/c1-4-11-34-31(39)26-8-6-21(28(35-26)32(40)41)22-16-27-24(29-20(10-13-42-29)9-12-37(27)3)15-23(22)30(38)36-25-7-5-19(17-33)14-18(25)2/h5-8,10,13-16H,4,9,11-12,17,33H2,1-3H3,(H,34,39)(H,36,38)(H,40,41). The van der Waals surface area contributed by atoms with Gasteiger partial charge in [-0.05, 0) is 83.8 Å². The summed E-state index contributed by atoms with van der Waals surface area (Å²) >= 11 is 1.61. The van der Waals surface area contributed by atoms with E-state index in [1.54, 1.807) is 17.4 Å². The van der Waals surface area contributed by atoms with E-state index in [1.807, 2.05) is 56.6 Å². The fourth-order valence-corrected chi connectivity index (χ4v) is 6.13. The number of carbonyl (C=O) groups excluding carboxylic acids is 2. The first kappa shape index (κ1) is 29.0. The van der Waals surface area contributed by atoms with Gasteiger partial charge in [0, 0.05) is 59.6 Å². The van der Waals surface area contributed by atoms with Gasteiger partial charge in [-0.3, -0.25) is 9.59 Å². The minimum atomic E-state index is -1.29. The third kappa shape index (κ3) is 5.63. The monoisotopic (exact) mass is 583 g/mol. The maximum absolute atomic E-state index is 14.0. The number of hydrogen-bond acceptors (Lipinski definition) is 7. The number of aryl methyl sites for hydroxylation is 1. The van der Waals surface area contributed by atoms with Crippen molar-refractivity contribution in [3.05, 3.63) is 87.6 Å². The topological polar surface area (TPSA) is 138 Å². The number of benzene rings is 2. The molecule has 0 saturated heterocycles. The van der Waals surface area contributed by atoms with Gasteiger partial charge >= 0.3 is 5.97 Å². The number of hydrogen-bond donors (Lipinski definition) is 4. The molecule has 5 N–H and O–H groups in total. The molecule has 216 valence electrons. The lowest BCUT2D eigenvalue weighted by Crippen LogP contribution is -2.25. The summed E-state index contributed by atoms with van der Waals surface area (Å²) in [6.45, 7) is 5.42. The second-order valence-corrected chi connectivity index (χ2v) is 11.2. The van der Waals surface area contributed by atoms with Crippen molar-refractivity contribution in [2.45, 2.75) is 33.2 Å². The molecule has 5 rings (SSSR count). The maximum atomic E-state index is 14.0. The van der Waals surface area contributed by atoms with Crippen LogP contribution in [0.2, 0.25) is 0 Å². The summed E-state index contributed by atoms with van der Waals surface area (Å²) in [5, 5.41) is 18.0. The van der Waals surface area contributed by atoms with Gasteiger partial charge in [-0.2, -0.15) is 0 Å². The molecule has 3 heterocycles. The van der Waals surface area contributed by atoms with Crippen molar-refractivity contribution < 1.29 is 19.5 Å². The number of aromatic nitrogens is 1. The number of carboxylic acids is 1. The first-order chi connectivity index (χ1) is 20.2. The molecule has 2 aromatic carbocycles. The van der Waals surface area contributed by atoms with E-state index in [2.05, 4.69) is 26.6 Å². The minimum absolute atomic E-state index is 0.00123. The predicted octanol–water partition coefficient (Wildman–Crippen LogP) is 5.33. The van der Waals surface area contributed by atoms with E-state index in [9.17, 15) is 19.5 Å². The van der Waals surface area contributed by atoms with Crippen LogP contribution in [-0.2, 0) is 13.0 Å². The Kier molecular flexibility index (Phi) is 8.37. The van der Waals surface area contributed by atoms with Gasteiger partial charge in [0.1, 0.15) is 5.69 Å². The fourth-order valence-electron chi connectivity index (χ4n) is 5.15. The van der Waals surface area contributed by atoms with Gasteiger partial charge in [-0.15, -0.1) is 11.3 Å². The number of amides is 2. The number of fused-ring (bicyclic) bond motifs is 3. The quantitative estimate of drug-likeness (QED) is 0.220. The number of nitrogens with one attached hydrogen (secondary N) is 2. The molecule has 0 fully saturated rings. The third-order valence-corrected chi connectivity index (χ3v) is 8.42. The molecule has 0 spiro atoms. The van der Waals surface area contributed by atoms with Crippen molar-refractivity contribution in [3.8, 4) is 21.6 Å². The summed E-state index contributed by atoms with van der Waals surface area (Å²) in [6.07, 6.45) is 1.58. The summed E-state index contributed by atoms with van der Waals surface area (Å²) in [5.74, 6) is -2.13. The van der Waals surface area contributed by atoms with Gasteiger partial charge in [-0.1, -0.05) is 19.1 Å². The van der Waals surface area contributed by atoms with Crippen LogP contribution in [-0.4, -0.2) is 48.0 Å². The predicted molar refractivity (Wildman–Crippen MR) is 167 cm³/mol. The molecule has 2 aromatic heterocycles. The highest BCUT2D eigenvalue weighted by atomic mass is 32.1. The van der Waals surface area contributed by atoms with Crippen LogP contribution >= 0.6 is 11.3 Å². The lowest BCUT2D eigenvalue weighted by Gasteiger charge is -2.23. The van der Waals surface area contributed by atoms with Crippen molar-refractivity contribution >= 4 is 40.5 Å². The van der Waals surface area contributed by atoms with Crippen molar-refractivity contribution in [3.63, 3.8) is 0 Å². The third-order valence-electron chi connectivity index (χ3n) is 7.43. The number of thiophene rings is 1. The summed E-state index contributed by atoms with van der Waals surface area (Å²) in [5.41, 5.74) is 11.9. The van der Waals surface area contributed by atoms with Crippen LogP contribution in [0.25, 0.3) is 21.6 Å². The van der Waals surface area contributed by atoms with Gasteiger partial charge in [-0.25, -0.2) is 9.78 Å². The van der Waals surface area contributed by atoms with Crippen LogP contribution < -0.4 is 21.3 Å². The first-order valence-corrected chi connectivity index (χ1v) is 14.7. The molecule has 2 amide bonds. The number of nitrogens with zero attached hydrogens (tertiary/aromatic N) is 2. The molecule has 0 unspecified atom stereocenters. The van der Waals surface area contributed by atoms with E-state index in [0.717, 1.165) is 46.6 Å². The zero-order chi connectivity index (χ0) is 30.0. The highest BCUT2D eigenvalue weighted by Crippen LogP contribution is 2.43. The van der Waals surface area contributed by atoms with Gasteiger partial charge < -0.3 is 26.4 Å².